The summed E-state index contributed by atoms with van der Waals surface area (Å²) in [6, 6.07) is -1.47. The molecule has 1 rings (SSSR count). The molecule has 0 aliphatic carbocycles. The van der Waals surface area contributed by atoms with Crippen molar-refractivity contribution in [2.45, 2.75) is 25.0 Å². The summed E-state index contributed by atoms with van der Waals surface area (Å²) < 4.78 is 10.8. The van der Waals surface area contributed by atoms with Crippen molar-refractivity contribution in [3.63, 3.8) is 0 Å². The number of carbonyl (C=O) groups is 2. The summed E-state index contributed by atoms with van der Waals surface area (Å²) in [5.74, 6) is -0.623. The summed E-state index contributed by atoms with van der Waals surface area (Å²) in [6.07, 6.45) is 1.42. The molecule has 0 saturated carbocycles. The molecule has 0 radical (unpaired) electrons. The van der Waals surface area contributed by atoms with E-state index in [0.29, 0.717) is 18.7 Å². The van der Waals surface area contributed by atoms with E-state index < -0.39 is 34.9 Å². The van der Waals surface area contributed by atoms with Crippen LogP contribution in [0.1, 0.15) is 12.8 Å². The zero-order valence-electron chi connectivity index (χ0n) is 10.2. The third-order valence-corrected chi connectivity index (χ3v) is 3.57. The second-order valence-electron chi connectivity index (χ2n) is 4.26. The molecule has 1 aliphatic rings. The zero-order chi connectivity index (χ0) is 13.7. The van der Waals surface area contributed by atoms with Gasteiger partial charge in [-0.15, -0.1) is 0 Å². The Morgan fingerprint density at radius 2 is 2.17 bits per heavy atom. The number of β-amino-alcohol motifs (C(OH)–C–C–N with tert-alkyl or cyclic N) is 1. The van der Waals surface area contributed by atoms with Crippen LogP contribution < -0.4 is 5.32 Å². The topological polar surface area (TPSA) is 107 Å². The van der Waals surface area contributed by atoms with E-state index in [4.69, 9.17) is 5.11 Å². The largest absolute Gasteiger partial charge is 0.480 e. The molecule has 104 valence electrons. The number of carboxylic acids is 1. The first kappa shape index (κ1) is 14.9. The van der Waals surface area contributed by atoms with Crippen molar-refractivity contribution in [2.75, 3.05) is 25.1 Å². The van der Waals surface area contributed by atoms with Crippen molar-refractivity contribution < 1.29 is 24.0 Å². The van der Waals surface area contributed by atoms with E-state index in [1.807, 2.05) is 0 Å². The van der Waals surface area contributed by atoms with Gasteiger partial charge in [0, 0.05) is 42.3 Å². The van der Waals surface area contributed by atoms with E-state index >= 15 is 0 Å². The van der Waals surface area contributed by atoms with Gasteiger partial charge in [0.05, 0.1) is 6.10 Å². The standard InChI is InChI=1S/C10H18N2O5S/c1-18(17)4-2-3-11-10(16)12-6-7(13)5-8(12)9(14)15/h7-8,13H,2-6H2,1H3,(H,11,16)(H,14,15). The number of carboxylic acid groups (broad SMARTS) is 1. The van der Waals surface area contributed by atoms with Crippen molar-refractivity contribution in [2.24, 2.45) is 0 Å². The molecule has 18 heavy (non-hydrogen) atoms. The van der Waals surface area contributed by atoms with Gasteiger partial charge in [-0.1, -0.05) is 0 Å². The van der Waals surface area contributed by atoms with Crippen LogP contribution in [0, 0.1) is 0 Å². The van der Waals surface area contributed by atoms with E-state index in [0.717, 1.165) is 4.90 Å². The van der Waals surface area contributed by atoms with Crippen molar-refractivity contribution in [1.82, 2.24) is 10.2 Å². The van der Waals surface area contributed by atoms with Crippen LogP contribution >= 0.6 is 0 Å². The molecule has 7 nitrogen and oxygen atoms in total. The Hall–Kier alpha value is -1.15. The lowest BCUT2D eigenvalue weighted by molar-refractivity contribution is -0.141. The lowest BCUT2D eigenvalue weighted by atomic mass is 10.2. The van der Waals surface area contributed by atoms with Crippen LogP contribution in [0.15, 0.2) is 0 Å². The molecule has 2 amide bonds. The van der Waals surface area contributed by atoms with Crippen LogP contribution in [0.25, 0.3) is 0 Å². The molecule has 1 fully saturated rings. The number of aliphatic carboxylic acids is 1. The number of hydrogen-bond acceptors (Lipinski definition) is 4. The molecule has 1 aliphatic heterocycles. The SMILES string of the molecule is CS(=O)CCCNC(=O)N1CC(O)CC1C(=O)O. The van der Waals surface area contributed by atoms with E-state index in [1.165, 1.54) is 0 Å². The predicted molar refractivity (Wildman–Crippen MR) is 65.7 cm³/mol. The third-order valence-electron chi connectivity index (χ3n) is 2.71. The third kappa shape index (κ3) is 4.26. The van der Waals surface area contributed by atoms with Crippen LogP contribution in [0.5, 0.6) is 0 Å². The van der Waals surface area contributed by atoms with Gasteiger partial charge in [0.25, 0.3) is 0 Å². The number of aliphatic hydroxyl groups is 1. The molecule has 0 aromatic heterocycles. The summed E-state index contributed by atoms with van der Waals surface area (Å²) >= 11 is 0. The van der Waals surface area contributed by atoms with Gasteiger partial charge in [-0.25, -0.2) is 9.59 Å². The molecule has 3 unspecified atom stereocenters. The Balaban J connectivity index is 2.40. The number of nitrogens with one attached hydrogen (secondary N) is 1. The van der Waals surface area contributed by atoms with Crippen molar-refractivity contribution in [3.8, 4) is 0 Å². The quantitative estimate of drug-likeness (QED) is 0.558. The van der Waals surface area contributed by atoms with Gasteiger partial charge in [-0.05, 0) is 6.42 Å². The minimum Gasteiger partial charge on any atom is -0.480 e. The van der Waals surface area contributed by atoms with Crippen LogP contribution in [0.3, 0.4) is 0 Å². The van der Waals surface area contributed by atoms with Crippen LogP contribution in [0.2, 0.25) is 0 Å². The molecule has 0 spiro atoms. The van der Waals surface area contributed by atoms with Crippen molar-refractivity contribution in [3.05, 3.63) is 0 Å². The van der Waals surface area contributed by atoms with Crippen LogP contribution in [0.4, 0.5) is 4.79 Å². The van der Waals surface area contributed by atoms with Gasteiger partial charge in [-0.2, -0.15) is 0 Å². The lowest BCUT2D eigenvalue weighted by Crippen LogP contribution is -2.46. The molecular weight excluding hydrogens is 260 g/mol. The van der Waals surface area contributed by atoms with Gasteiger partial charge < -0.3 is 20.4 Å². The van der Waals surface area contributed by atoms with Gasteiger partial charge in [0.2, 0.25) is 0 Å². The first-order valence-electron chi connectivity index (χ1n) is 5.67. The first-order chi connectivity index (χ1) is 8.41. The van der Waals surface area contributed by atoms with Crippen molar-refractivity contribution in [1.29, 1.82) is 0 Å². The van der Waals surface area contributed by atoms with E-state index in [2.05, 4.69) is 5.32 Å². The summed E-state index contributed by atoms with van der Waals surface area (Å²) in [7, 11) is -0.901. The maximum Gasteiger partial charge on any atom is 0.326 e. The lowest BCUT2D eigenvalue weighted by Gasteiger charge is -2.21. The van der Waals surface area contributed by atoms with Gasteiger partial charge >= 0.3 is 12.0 Å². The Bertz CT molecular complexity index is 349. The molecular formula is C10H18N2O5S. The molecule has 0 aromatic rings. The highest BCUT2D eigenvalue weighted by molar-refractivity contribution is 7.84. The molecule has 8 heteroatoms. The van der Waals surface area contributed by atoms with E-state index in [1.54, 1.807) is 6.26 Å². The Morgan fingerprint density at radius 1 is 1.50 bits per heavy atom. The molecule has 0 bridgehead atoms. The summed E-state index contributed by atoms with van der Waals surface area (Å²) in [5.41, 5.74) is 0. The Morgan fingerprint density at radius 3 is 2.72 bits per heavy atom. The highest BCUT2D eigenvalue weighted by Gasteiger charge is 2.38. The summed E-state index contributed by atoms with van der Waals surface area (Å²) in [6.45, 7) is 0.375. The van der Waals surface area contributed by atoms with Gasteiger partial charge in [-0.3, -0.25) is 4.21 Å². The number of aliphatic hydroxyl groups excluding tert-OH is 1. The Labute approximate surface area is 108 Å². The second-order valence-corrected chi connectivity index (χ2v) is 5.81. The minimum absolute atomic E-state index is 0.0303. The molecule has 3 N–H and O–H groups in total. The van der Waals surface area contributed by atoms with E-state index in [9.17, 15) is 18.9 Å². The highest BCUT2D eigenvalue weighted by Crippen LogP contribution is 2.17. The van der Waals surface area contributed by atoms with Gasteiger partial charge in [0.1, 0.15) is 6.04 Å². The number of nitrogens with zero attached hydrogens (tertiary/aromatic N) is 1. The maximum absolute atomic E-state index is 11.7. The number of likely N-dealkylation sites (tertiary alicyclic amines) is 1. The number of carbonyl (C=O) groups excluding carboxylic acids is 1. The summed E-state index contributed by atoms with van der Waals surface area (Å²) in [5, 5.41) is 20.9. The monoisotopic (exact) mass is 278 g/mol. The predicted octanol–water partition coefficient (Wildman–Crippen LogP) is -1.02. The highest BCUT2D eigenvalue weighted by atomic mass is 32.2. The average Bonchev–Trinajstić information content (AvgIpc) is 2.66. The van der Waals surface area contributed by atoms with Crippen LogP contribution in [-0.4, -0.2) is 68.6 Å². The number of urea groups is 1. The van der Waals surface area contributed by atoms with Crippen molar-refractivity contribution >= 4 is 22.8 Å². The maximum atomic E-state index is 11.7. The number of rotatable bonds is 5. The normalized spacial score (nSPS) is 24.9. The van der Waals surface area contributed by atoms with Crippen LogP contribution in [-0.2, 0) is 15.6 Å². The fraction of sp³-hybridized carbons (Fsp3) is 0.800. The smallest absolute Gasteiger partial charge is 0.326 e. The molecule has 0 aromatic carbocycles. The number of hydrogen-bond donors (Lipinski definition) is 3. The minimum atomic E-state index is -1.11. The fourth-order valence-corrected chi connectivity index (χ4v) is 2.40. The molecule has 1 heterocycles. The Kier molecular flexibility index (Phi) is 5.54. The zero-order valence-corrected chi connectivity index (χ0v) is 11.0. The fourth-order valence-electron chi connectivity index (χ4n) is 1.84. The number of amides is 2. The summed E-state index contributed by atoms with van der Waals surface area (Å²) in [4.78, 5) is 23.7. The molecule has 3 atom stereocenters. The first-order valence-corrected chi connectivity index (χ1v) is 7.40. The second kappa shape index (κ2) is 6.69. The van der Waals surface area contributed by atoms with Gasteiger partial charge in [0.15, 0.2) is 0 Å². The average molecular weight is 278 g/mol. The van der Waals surface area contributed by atoms with E-state index in [-0.39, 0.29) is 13.0 Å². The molecule has 1 saturated heterocycles.